The first kappa shape index (κ1) is 17.2. The number of benzene rings is 1. The normalized spacial score (nSPS) is 11.6. The number of amides is 1. The van der Waals surface area contributed by atoms with Crippen LogP contribution in [0, 0.1) is 0 Å². The van der Waals surface area contributed by atoms with Gasteiger partial charge >= 0.3 is 0 Å². The third kappa shape index (κ3) is 4.94. The highest BCUT2D eigenvalue weighted by atomic mass is 32.2. The van der Waals surface area contributed by atoms with Crippen LogP contribution in [0.15, 0.2) is 48.8 Å². The fraction of sp³-hybridized carbons (Fsp3) is 0.312. The first-order valence-corrected chi connectivity index (χ1v) is 9.15. The molecule has 1 amide bonds. The molecule has 1 aromatic carbocycles. The summed E-state index contributed by atoms with van der Waals surface area (Å²) >= 11 is 0. The highest BCUT2D eigenvalue weighted by Crippen LogP contribution is 2.10. The van der Waals surface area contributed by atoms with Crippen molar-refractivity contribution in [2.75, 3.05) is 26.4 Å². The van der Waals surface area contributed by atoms with E-state index in [1.165, 1.54) is 11.4 Å². The lowest BCUT2D eigenvalue weighted by atomic mass is 10.2. The Kier molecular flexibility index (Phi) is 5.57. The van der Waals surface area contributed by atoms with Gasteiger partial charge in [-0.15, -0.1) is 0 Å². The van der Waals surface area contributed by atoms with E-state index in [1.807, 2.05) is 41.2 Å². The second-order valence-corrected chi connectivity index (χ2v) is 7.42. The molecule has 1 aromatic heterocycles. The number of rotatable bonds is 7. The molecule has 0 atom stereocenters. The minimum Gasteiger partial charge on any atom is -0.352 e. The Balaban J connectivity index is 1.82. The molecule has 0 fully saturated rings. The van der Waals surface area contributed by atoms with Crippen LogP contribution in [0.3, 0.4) is 0 Å². The highest BCUT2D eigenvalue weighted by Gasteiger charge is 2.10. The number of nitrogens with zero attached hydrogens (tertiary/aromatic N) is 2. The maximum absolute atomic E-state index is 12.0. The topological polar surface area (TPSA) is 71.4 Å². The van der Waals surface area contributed by atoms with Gasteiger partial charge in [0, 0.05) is 43.8 Å². The zero-order valence-electron chi connectivity index (χ0n) is 13.3. The molecule has 7 heteroatoms. The fourth-order valence-electron chi connectivity index (χ4n) is 2.06. The van der Waals surface area contributed by atoms with Crippen molar-refractivity contribution in [3.8, 4) is 5.69 Å². The van der Waals surface area contributed by atoms with Crippen molar-refractivity contribution in [1.29, 1.82) is 0 Å². The van der Waals surface area contributed by atoms with E-state index in [0.717, 1.165) is 11.9 Å². The van der Waals surface area contributed by atoms with Gasteiger partial charge in [0.1, 0.15) is 0 Å². The van der Waals surface area contributed by atoms with E-state index in [1.54, 1.807) is 12.1 Å². The van der Waals surface area contributed by atoms with Crippen LogP contribution in [-0.4, -0.2) is 49.6 Å². The quantitative estimate of drug-likeness (QED) is 0.779. The fourth-order valence-corrected chi connectivity index (χ4v) is 2.52. The molecule has 6 nitrogen and oxygen atoms in total. The van der Waals surface area contributed by atoms with E-state index in [2.05, 4.69) is 5.32 Å². The molecule has 0 saturated carbocycles. The lowest BCUT2D eigenvalue weighted by molar-refractivity contribution is 0.0953. The van der Waals surface area contributed by atoms with Gasteiger partial charge in [-0.2, -0.15) is 0 Å². The minimum atomic E-state index is -3.16. The third-order valence-corrected chi connectivity index (χ3v) is 4.85. The molecule has 0 radical (unpaired) electrons. The molecular formula is C16H21N3O3S. The second kappa shape index (κ2) is 7.43. The number of carbonyl (C=O) groups excluding carboxylic acids is 1. The van der Waals surface area contributed by atoms with E-state index >= 15 is 0 Å². The molecule has 23 heavy (non-hydrogen) atoms. The highest BCUT2D eigenvalue weighted by molar-refractivity contribution is 7.88. The molecular weight excluding hydrogens is 314 g/mol. The van der Waals surface area contributed by atoms with Crippen LogP contribution in [0.2, 0.25) is 0 Å². The molecule has 0 aliphatic carbocycles. The number of aromatic nitrogens is 1. The van der Waals surface area contributed by atoms with Crippen molar-refractivity contribution in [1.82, 2.24) is 14.2 Å². The Labute approximate surface area is 136 Å². The van der Waals surface area contributed by atoms with Crippen LogP contribution < -0.4 is 5.32 Å². The van der Waals surface area contributed by atoms with E-state index in [0.29, 0.717) is 25.1 Å². The number of sulfonamides is 1. The second-order valence-electron chi connectivity index (χ2n) is 5.33. The number of hydrogen-bond acceptors (Lipinski definition) is 3. The summed E-state index contributed by atoms with van der Waals surface area (Å²) in [6.45, 7) is 0.809. The molecule has 2 rings (SSSR count). The zero-order valence-corrected chi connectivity index (χ0v) is 14.1. The Morgan fingerprint density at radius 1 is 1.17 bits per heavy atom. The monoisotopic (exact) mass is 335 g/mol. The Morgan fingerprint density at radius 3 is 2.35 bits per heavy atom. The van der Waals surface area contributed by atoms with Gasteiger partial charge in [0.25, 0.3) is 5.91 Å². The summed E-state index contributed by atoms with van der Waals surface area (Å²) < 4.78 is 25.7. The van der Waals surface area contributed by atoms with E-state index < -0.39 is 10.0 Å². The Bertz CT molecular complexity index is 737. The van der Waals surface area contributed by atoms with Gasteiger partial charge in [0.15, 0.2) is 0 Å². The molecule has 0 aliphatic heterocycles. The van der Waals surface area contributed by atoms with Gasteiger partial charge in [0.05, 0.1) is 6.26 Å². The summed E-state index contributed by atoms with van der Waals surface area (Å²) in [7, 11) is -1.64. The molecule has 124 valence electrons. The summed E-state index contributed by atoms with van der Waals surface area (Å²) in [6, 6.07) is 11.2. The predicted octanol–water partition coefficient (Wildman–Crippen LogP) is 1.49. The van der Waals surface area contributed by atoms with Gasteiger partial charge < -0.3 is 9.88 Å². The standard InChI is InChI=1S/C16H21N3O3S/c1-18(23(2,21)22)11-5-10-17-16(20)14-6-8-15(9-7-14)19-12-3-4-13-19/h3-4,6-9,12-13H,5,10-11H2,1-2H3,(H,17,20). The first-order chi connectivity index (χ1) is 10.9. The Hall–Kier alpha value is -2.12. The first-order valence-electron chi connectivity index (χ1n) is 7.31. The van der Waals surface area contributed by atoms with Crippen molar-refractivity contribution in [3.05, 3.63) is 54.4 Å². The van der Waals surface area contributed by atoms with Gasteiger partial charge in [-0.3, -0.25) is 4.79 Å². The van der Waals surface area contributed by atoms with E-state index in [9.17, 15) is 13.2 Å². The van der Waals surface area contributed by atoms with Crippen LogP contribution >= 0.6 is 0 Å². The summed E-state index contributed by atoms with van der Waals surface area (Å²) in [6.07, 6.45) is 5.61. The maximum Gasteiger partial charge on any atom is 0.251 e. The van der Waals surface area contributed by atoms with Crippen LogP contribution in [0.1, 0.15) is 16.8 Å². The van der Waals surface area contributed by atoms with Gasteiger partial charge in [0.2, 0.25) is 10.0 Å². The lowest BCUT2D eigenvalue weighted by Gasteiger charge is -2.13. The van der Waals surface area contributed by atoms with Gasteiger partial charge in [-0.25, -0.2) is 12.7 Å². The van der Waals surface area contributed by atoms with Crippen molar-refractivity contribution < 1.29 is 13.2 Å². The van der Waals surface area contributed by atoms with E-state index in [-0.39, 0.29) is 5.91 Å². The van der Waals surface area contributed by atoms with Crippen molar-refractivity contribution in [2.45, 2.75) is 6.42 Å². The van der Waals surface area contributed by atoms with E-state index in [4.69, 9.17) is 0 Å². The van der Waals surface area contributed by atoms with Crippen molar-refractivity contribution >= 4 is 15.9 Å². The third-order valence-electron chi connectivity index (χ3n) is 3.53. The zero-order chi connectivity index (χ0) is 16.9. The van der Waals surface area contributed by atoms with Crippen LogP contribution in [0.5, 0.6) is 0 Å². The number of hydrogen-bond donors (Lipinski definition) is 1. The number of nitrogens with one attached hydrogen (secondary N) is 1. The molecule has 0 aliphatic rings. The molecule has 0 bridgehead atoms. The van der Waals surface area contributed by atoms with Crippen molar-refractivity contribution in [2.24, 2.45) is 0 Å². The largest absolute Gasteiger partial charge is 0.352 e. The van der Waals surface area contributed by atoms with Crippen molar-refractivity contribution in [3.63, 3.8) is 0 Å². The van der Waals surface area contributed by atoms with Gasteiger partial charge in [-0.1, -0.05) is 0 Å². The summed E-state index contributed by atoms with van der Waals surface area (Å²) in [5.74, 6) is -0.161. The summed E-state index contributed by atoms with van der Waals surface area (Å²) in [5.41, 5.74) is 1.57. The predicted molar refractivity (Wildman–Crippen MR) is 90.2 cm³/mol. The minimum absolute atomic E-state index is 0.161. The molecule has 1 N–H and O–H groups in total. The summed E-state index contributed by atoms with van der Waals surface area (Å²) in [4.78, 5) is 12.0. The lowest BCUT2D eigenvalue weighted by Crippen LogP contribution is -2.30. The maximum atomic E-state index is 12.0. The number of carbonyl (C=O) groups is 1. The SMILES string of the molecule is CN(CCCNC(=O)c1ccc(-n2cccc2)cc1)S(C)(=O)=O. The Morgan fingerprint density at radius 2 is 1.78 bits per heavy atom. The molecule has 2 aromatic rings. The summed E-state index contributed by atoms with van der Waals surface area (Å²) in [5, 5.41) is 2.79. The smallest absolute Gasteiger partial charge is 0.251 e. The molecule has 0 unspecified atom stereocenters. The van der Waals surface area contributed by atoms with Gasteiger partial charge in [-0.05, 0) is 42.8 Å². The molecule has 0 spiro atoms. The average Bonchev–Trinajstić information content (AvgIpc) is 3.04. The molecule has 0 saturated heterocycles. The van der Waals surface area contributed by atoms with Crippen LogP contribution in [-0.2, 0) is 10.0 Å². The molecule has 1 heterocycles. The average molecular weight is 335 g/mol. The van der Waals surface area contributed by atoms with Crippen LogP contribution in [0.25, 0.3) is 5.69 Å². The van der Waals surface area contributed by atoms with Crippen LogP contribution in [0.4, 0.5) is 0 Å².